The van der Waals surface area contributed by atoms with Gasteiger partial charge in [-0.1, -0.05) is 0 Å². The Bertz CT molecular complexity index is 812. The van der Waals surface area contributed by atoms with Gasteiger partial charge in [0.15, 0.2) is 0 Å². The third-order valence-electron chi connectivity index (χ3n) is 3.67. The van der Waals surface area contributed by atoms with Crippen LogP contribution in [0.1, 0.15) is 11.1 Å². The van der Waals surface area contributed by atoms with Crippen molar-refractivity contribution in [3.63, 3.8) is 0 Å². The molecule has 1 aliphatic rings. The summed E-state index contributed by atoms with van der Waals surface area (Å²) in [6.45, 7) is -0.672. The number of halogens is 3. The Labute approximate surface area is 146 Å². The summed E-state index contributed by atoms with van der Waals surface area (Å²) < 4.78 is 44.4. The lowest BCUT2D eigenvalue weighted by atomic mass is 10.1. The van der Waals surface area contributed by atoms with E-state index >= 15 is 0 Å². The maximum atomic E-state index is 13.3. The van der Waals surface area contributed by atoms with Gasteiger partial charge >= 0.3 is 12.1 Å². The number of amides is 1. The number of nitrogens with zero attached hydrogens (tertiary/aromatic N) is 2. The molecule has 0 atom stereocenters. The number of aliphatic hydroxyl groups is 1. The van der Waals surface area contributed by atoms with Crippen molar-refractivity contribution in [1.29, 1.82) is 5.26 Å². The molecule has 1 aromatic carbocycles. The van der Waals surface area contributed by atoms with E-state index in [0.717, 1.165) is 24.1 Å². The highest BCUT2D eigenvalue weighted by atomic mass is 19.4. The van der Waals surface area contributed by atoms with E-state index in [-0.39, 0.29) is 36.5 Å². The second kappa shape index (κ2) is 7.45. The third-order valence-corrected chi connectivity index (χ3v) is 3.67. The van der Waals surface area contributed by atoms with Crippen LogP contribution < -0.4 is 5.32 Å². The average molecular weight is 369 g/mol. The van der Waals surface area contributed by atoms with Crippen molar-refractivity contribution >= 4 is 17.6 Å². The second-order valence-electron chi connectivity index (χ2n) is 5.29. The number of ether oxygens (including phenoxy) is 1. The van der Waals surface area contributed by atoms with Gasteiger partial charge < -0.3 is 20.1 Å². The van der Waals surface area contributed by atoms with E-state index in [1.165, 1.54) is 0 Å². The fourth-order valence-electron chi connectivity index (χ4n) is 2.44. The quantitative estimate of drug-likeness (QED) is 0.758. The van der Waals surface area contributed by atoms with Gasteiger partial charge in [0.25, 0.3) is 5.91 Å². The van der Waals surface area contributed by atoms with E-state index in [4.69, 9.17) is 10.4 Å². The van der Waals surface area contributed by atoms with Gasteiger partial charge in [-0.15, -0.1) is 0 Å². The second-order valence-corrected chi connectivity index (χ2v) is 5.29. The van der Waals surface area contributed by atoms with E-state index in [1.54, 1.807) is 6.07 Å². The molecule has 0 aromatic heterocycles. The minimum atomic E-state index is -4.78. The van der Waals surface area contributed by atoms with Gasteiger partial charge in [0.1, 0.15) is 5.70 Å². The molecular formula is C16H14F3N3O4. The fourth-order valence-corrected chi connectivity index (χ4v) is 2.44. The Morgan fingerprint density at radius 2 is 2.15 bits per heavy atom. The Morgan fingerprint density at radius 1 is 1.46 bits per heavy atom. The number of nitrogens with one attached hydrogen (secondary N) is 1. The molecule has 26 heavy (non-hydrogen) atoms. The zero-order chi connectivity index (χ0) is 19.5. The largest absolute Gasteiger partial charge is 0.466 e. The minimum Gasteiger partial charge on any atom is -0.466 e. The lowest BCUT2D eigenvalue weighted by molar-refractivity contribution is -0.137. The molecule has 0 saturated heterocycles. The van der Waals surface area contributed by atoms with Crippen LogP contribution in [0.25, 0.3) is 0 Å². The van der Waals surface area contributed by atoms with E-state index < -0.39 is 29.3 Å². The van der Waals surface area contributed by atoms with Crippen LogP contribution in [-0.2, 0) is 20.5 Å². The van der Waals surface area contributed by atoms with Crippen molar-refractivity contribution < 1.29 is 32.6 Å². The highest BCUT2D eigenvalue weighted by Crippen LogP contribution is 2.36. The van der Waals surface area contributed by atoms with Crippen LogP contribution in [0.4, 0.5) is 18.9 Å². The molecule has 0 fully saturated rings. The standard InChI is InChI=1S/C16H14F3N3O4/c1-26-15(25)10-8-22(4-5-23)14(24)13(10)21-12-3-2-9(7-20)6-11(12)16(17,18)19/h2-3,6,21,23H,4-5,8H2,1H3. The van der Waals surface area contributed by atoms with E-state index in [0.29, 0.717) is 6.07 Å². The average Bonchev–Trinajstić information content (AvgIpc) is 2.90. The summed E-state index contributed by atoms with van der Waals surface area (Å²) in [7, 11) is 1.08. The number of rotatable bonds is 5. The van der Waals surface area contributed by atoms with Gasteiger partial charge in [0.2, 0.25) is 0 Å². The first-order valence-corrected chi connectivity index (χ1v) is 7.33. The van der Waals surface area contributed by atoms with Crippen molar-refractivity contribution in [2.75, 3.05) is 32.1 Å². The molecule has 1 heterocycles. The number of nitriles is 1. The summed E-state index contributed by atoms with van der Waals surface area (Å²) in [6.07, 6.45) is -4.78. The van der Waals surface area contributed by atoms with Crippen LogP contribution in [0.3, 0.4) is 0 Å². The van der Waals surface area contributed by atoms with E-state index in [1.807, 2.05) is 0 Å². The van der Waals surface area contributed by atoms with Crippen LogP contribution >= 0.6 is 0 Å². The zero-order valence-corrected chi connectivity index (χ0v) is 13.6. The van der Waals surface area contributed by atoms with Gasteiger partial charge in [-0.3, -0.25) is 4.79 Å². The van der Waals surface area contributed by atoms with Gasteiger partial charge in [-0.25, -0.2) is 4.79 Å². The van der Waals surface area contributed by atoms with Crippen molar-refractivity contribution in [3.8, 4) is 6.07 Å². The van der Waals surface area contributed by atoms with E-state index in [2.05, 4.69) is 10.1 Å². The number of hydrogen-bond donors (Lipinski definition) is 2. The number of alkyl halides is 3. The first-order valence-electron chi connectivity index (χ1n) is 7.33. The summed E-state index contributed by atoms with van der Waals surface area (Å²) in [5, 5.41) is 20.1. The molecule has 0 aliphatic carbocycles. The fraction of sp³-hybridized carbons (Fsp3) is 0.312. The number of benzene rings is 1. The summed E-state index contributed by atoms with van der Waals surface area (Å²) in [4.78, 5) is 25.3. The maximum Gasteiger partial charge on any atom is 0.418 e. The summed E-state index contributed by atoms with van der Waals surface area (Å²) >= 11 is 0. The molecule has 1 aliphatic heterocycles. The normalized spacial score (nSPS) is 14.5. The number of carbonyl (C=O) groups is 2. The zero-order valence-electron chi connectivity index (χ0n) is 13.6. The first-order chi connectivity index (χ1) is 12.2. The van der Waals surface area contributed by atoms with Crippen molar-refractivity contribution in [2.45, 2.75) is 6.18 Å². The van der Waals surface area contributed by atoms with E-state index in [9.17, 15) is 22.8 Å². The highest BCUT2D eigenvalue weighted by molar-refractivity contribution is 6.08. The van der Waals surface area contributed by atoms with Crippen LogP contribution in [0.2, 0.25) is 0 Å². The van der Waals surface area contributed by atoms with Gasteiger partial charge in [-0.2, -0.15) is 18.4 Å². The SMILES string of the molecule is COC(=O)C1=C(Nc2ccc(C#N)cc2C(F)(F)F)C(=O)N(CCO)C1. The van der Waals surface area contributed by atoms with Gasteiger partial charge in [0, 0.05) is 6.54 Å². The molecule has 0 unspecified atom stereocenters. The topological polar surface area (TPSA) is 103 Å². The molecule has 10 heteroatoms. The molecule has 138 valence electrons. The molecule has 0 saturated carbocycles. The number of hydrogen-bond acceptors (Lipinski definition) is 6. The lowest BCUT2D eigenvalue weighted by Crippen LogP contribution is -2.31. The molecule has 7 nitrogen and oxygen atoms in total. The van der Waals surface area contributed by atoms with Gasteiger partial charge in [-0.05, 0) is 18.2 Å². The van der Waals surface area contributed by atoms with Crippen molar-refractivity contribution in [2.24, 2.45) is 0 Å². The molecule has 0 radical (unpaired) electrons. The Kier molecular flexibility index (Phi) is 5.52. The monoisotopic (exact) mass is 369 g/mol. The molecule has 1 aromatic rings. The molecule has 0 bridgehead atoms. The number of β-amino-alcohol motifs (C(OH)–C–C–N with tert-alkyl or cyclic N) is 1. The number of anilines is 1. The van der Waals surface area contributed by atoms with Crippen LogP contribution in [0.5, 0.6) is 0 Å². The number of carbonyl (C=O) groups excluding carboxylic acids is 2. The van der Waals surface area contributed by atoms with Crippen molar-refractivity contribution in [3.05, 3.63) is 40.6 Å². The lowest BCUT2D eigenvalue weighted by Gasteiger charge is -2.17. The number of aliphatic hydroxyl groups excluding tert-OH is 1. The maximum absolute atomic E-state index is 13.3. The summed E-state index contributed by atoms with van der Waals surface area (Å²) in [5.74, 6) is -1.61. The third kappa shape index (κ3) is 3.78. The van der Waals surface area contributed by atoms with Gasteiger partial charge in [0.05, 0.1) is 48.7 Å². The molecule has 2 N–H and O–H groups in total. The predicted octanol–water partition coefficient (Wildman–Crippen LogP) is 1.25. The Morgan fingerprint density at radius 3 is 2.69 bits per heavy atom. The summed E-state index contributed by atoms with van der Waals surface area (Å²) in [5.41, 5.74) is -2.34. The Hall–Kier alpha value is -3.06. The predicted molar refractivity (Wildman–Crippen MR) is 82.5 cm³/mol. The number of methoxy groups -OCH3 is 1. The molecule has 2 rings (SSSR count). The Balaban J connectivity index is 2.49. The first kappa shape index (κ1) is 19.3. The minimum absolute atomic E-state index is 0.0932. The number of esters is 1. The summed E-state index contributed by atoms with van der Waals surface area (Å²) in [6, 6.07) is 4.42. The molecule has 1 amide bonds. The van der Waals surface area contributed by atoms with Crippen molar-refractivity contribution in [1.82, 2.24) is 4.90 Å². The molecule has 0 spiro atoms. The smallest absolute Gasteiger partial charge is 0.418 e. The van der Waals surface area contributed by atoms with Crippen LogP contribution in [0.15, 0.2) is 29.5 Å². The van der Waals surface area contributed by atoms with Crippen LogP contribution in [-0.4, -0.2) is 48.7 Å². The molecular weight excluding hydrogens is 355 g/mol. The van der Waals surface area contributed by atoms with Crippen LogP contribution in [0, 0.1) is 11.3 Å². The highest BCUT2D eigenvalue weighted by Gasteiger charge is 2.38.